The molecule has 1 aromatic rings. The van der Waals surface area contributed by atoms with E-state index in [1.54, 1.807) is 0 Å². The molecule has 0 spiro atoms. The van der Waals surface area contributed by atoms with Crippen molar-refractivity contribution in [3.63, 3.8) is 0 Å². The molecule has 0 bridgehead atoms. The van der Waals surface area contributed by atoms with Gasteiger partial charge in [0, 0.05) is 6.92 Å². The molecule has 16 heavy (non-hydrogen) atoms. The Bertz CT molecular complexity index is 384. The molecule has 0 aliphatic heterocycles. The van der Waals surface area contributed by atoms with E-state index in [1.165, 1.54) is 14.0 Å². The van der Waals surface area contributed by atoms with Gasteiger partial charge >= 0.3 is 5.97 Å². The van der Waals surface area contributed by atoms with Gasteiger partial charge in [0.05, 0.1) is 7.11 Å². The summed E-state index contributed by atoms with van der Waals surface area (Å²) in [5, 5.41) is -0.668. The van der Waals surface area contributed by atoms with E-state index in [0.717, 1.165) is 22.9 Å². The molecule has 0 aromatic heterocycles. The molecule has 1 atom stereocenters. The van der Waals surface area contributed by atoms with E-state index >= 15 is 0 Å². The number of rotatable bonds is 3. The van der Waals surface area contributed by atoms with Gasteiger partial charge in [-0.25, -0.2) is 0 Å². The van der Waals surface area contributed by atoms with Gasteiger partial charge in [-0.15, -0.1) is 0 Å². The fraction of sp³-hybridized carbons (Fsp3) is 0.333. The summed E-state index contributed by atoms with van der Waals surface area (Å²) in [5.41, 5.74) is 1.90. The zero-order valence-corrected chi connectivity index (χ0v) is 10.3. The molecule has 0 amide bonds. The number of benzene rings is 1. The number of methoxy groups -OCH3 is 1. The molecule has 4 heteroatoms. The maximum Gasteiger partial charge on any atom is 0.323 e. The van der Waals surface area contributed by atoms with Gasteiger partial charge in [-0.05, 0) is 12.5 Å². The Morgan fingerprint density at radius 3 is 2.25 bits per heavy atom. The van der Waals surface area contributed by atoms with Crippen molar-refractivity contribution >= 4 is 22.8 Å². The number of hydrogen-bond donors (Lipinski definition) is 0. The van der Waals surface area contributed by atoms with Crippen LogP contribution in [0.25, 0.3) is 0 Å². The average molecular weight is 238 g/mol. The van der Waals surface area contributed by atoms with Crippen molar-refractivity contribution in [1.29, 1.82) is 0 Å². The minimum absolute atomic E-state index is 0.101. The summed E-state index contributed by atoms with van der Waals surface area (Å²) in [6.45, 7) is 3.41. The van der Waals surface area contributed by atoms with E-state index in [0.29, 0.717) is 0 Å². The molecule has 0 fully saturated rings. The monoisotopic (exact) mass is 238 g/mol. The van der Waals surface area contributed by atoms with Crippen LogP contribution < -0.4 is 0 Å². The zero-order chi connectivity index (χ0) is 12.1. The lowest BCUT2D eigenvalue weighted by Crippen LogP contribution is -2.12. The number of esters is 1. The Kier molecular flexibility index (Phi) is 4.55. The standard InChI is InChI=1S/C12H14O3S/c1-8-4-6-10(7-5-8)11(12(14)15-3)16-9(2)13/h4-7,11H,1-3H3. The molecular formula is C12H14O3S. The van der Waals surface area contributed by atoms with Gasteiger partial charge in [0.1, 0.15) is 5.25 Å². The summed E-state index contributed by atoms with van der Waals surface area (Å²) in [6.07, 6.45) is 0. The summed E-state index contributed by atoms with van der Waals surface area (Å²) in [6, 6.07) is 7.50. The maximum absolute atomic E-state index is 11.5. The van der Waals surface area contributed by atoms with Gasteiger partial charge in [0.2, 0.25) is 0 Å². The fourth-order valence-electron chi connectivity index (χ4n) is 1.27. The van der Waals surface area contributed by atoms with E-state index in [1.807, 2.05) is 31.2 Å². The predicted octanol–water partition coefficient (Wildman–Crippen LogP) is 2.49. The van der Waals surface area contributed by atoms with Gasteiger partial charge in [0.15, 0.2) is 5.12 Å². The SMILES string of the molecule is COC(=O)C(SC(C)=O)c1ccc(C)cc1. The van der Waals surface area contributed by atoms with Crippen molar-refractivity contribution < 1.29 is 14.3 Å². The molecule has 0 aliphatic carbocycles. The number of ether oxygens (including phenoxy) is 1. The van der Waals surface area contributed by atoms with E-state index in [4.69, 9.17) is 0 Å². The first-order chi connectivity index (χ1) is 7.54. The third-order valence-electron chi connectivity index (χ3n) is 2.08. The Morgan fingerprint density at radius 2 is 1.81 bits per heavy atom. The number of hydrogen-bond acceptors (Lipinski definition) is 4. The third-order valence-corrected chi connectivity index (χ3v) is 3.11. The predicted molar refractivity (Wildman–Crippen MR) is 64.2 cm³/mol. The summed E-state index contributed by atoms with van der Waals surface area (Å²) < 4.78 is 4.69. The average Bonchev–Trinajstić information content (AvgIpc) is 2.26. The third kappa shape index (κ3) is 3.38. The molecule has 86 valence electrons. The summed E-state index contributed by atoms with van der Waals surface area (Å²) in [5.74, 6) is -0.399. The molecule has 3 nitrogen and oxygen atoms in total. The van der Waals surface area contributed by atoms with Crippen molar-refractivity contribution in [1.82, 2.24) is 0 Å². The zero-order valence-electron chi connectivity index (χ0n) is 9.52. The number of aryl methyl sites for hydroxylation is 1. The van der Waals surface area contributed by atoms with Crippen LogP contribution in [0.2, 0.25) is 0 Å². The maximum atomic E-state index is 11.5. The fourth-order valence-corrected chi connectivity index (χ4v) is 2.08. The lowest BCUT2D eigenvalue weighted by molar-refractivity contribution is -0.140. The second-order valence-corrected chi connectivity index (χ2v) is 4.71. The quantitative estimate of drug-likeness (QED) is 0.759. The van der Waals surface area contributed by atoms with Crippen LogP contribution in [-0.4, -0.2) is 18.2 Å². The first-order valence-electron chi connectivity index (χ1n) is 4.86. The lowest BCUT2D eigenvalue weighted by atomic mass is 10.1. The van der Waals surface area contributed by atoms with Crippen molar-refractivity contribution in [2.24, 2.45) is 0 Å². The first kappa shape index (κ1) is 12.8. The van der Waals surface area contributed by atoms with Crippen LogP contribution in [0.1, 0.15) is 23.3 Å². The van der Waals surface area contributed by atoms with Crippen LogP contribution in [0.3, 0.4) is 0 Å². The molecule has 0 radical (unpaired) electrons. The van der Waals surface area contributed by atoms with E-state index < -0.39 is 11.2 Å². The highest BCUT2D eigenvalue weighted by molar-refractivity contribution is 8.14. The smallest absolute Gasteiger partial charge is 0.323 e. The van der Waals surface area contributed by atoms with Gasteiger partial charge in [-0.2, -0.15) is 0 Å². The molecule has 0 heterocycles. The highest BCUT2D eigenvalue weighted by Crippen LogP contribution is 2.30. The summed E-state index contributed by atoms with van der Waals surface area (Å²) in [7, 11) is 1.32. The summed E-state index contributed by atoms with van der Waals surface area (Å²) in [4.78, 5) is 22.6. The van der Waals surface area contributed by atoms with Gasteiger partial charge in [0.25, 0.3) is 0 Å². The van der Waals surface area contributed by atoms with Crippen LogP contribution in [0.15, 0.2) is 24.3 Å². The highest BCUT2D eigenvalue weighted by Gasteiger charge is 2.23. The molecule has 0 N–H and O–H groups in total. The Morgan fingerprint density at radius 1 is 1.25 bits per heavy atom. The van der Waals surface area contributed by atoms with E-state index in [-0.39, 0.29) is 5.12 Å². The Balaban J connectivity index is 2.96. The van der Waals surface area contributed by atoms with Crippen LogP contribution >= 0.6 is 11.8 Å². The molecule has 1 unspecified atom stereocenters. The number of carbonyl (C=O) groups is 2. The minimum Gasteiger partial charge on any atom is -0.468 e. The van der Waals surface area contributed by atoms with Gasteiger partial charge in [-0.3, -0.25) is 9.59 Å². The lowest BCUT2D eigenvalue weighted by Gasteiger charge is -2.12. The van der Waals surface area contributed by atoms with Crippen molar-refractivity contribution in [3.8, 4) is 0 Å². The number of carbonyl (C=O) groups excluding carboxylic acids is 2. The topological polar surface area (TPSA) is 43.4 Å². The molecule has 0 aliphatic rings. The van der Waals surface area contributed by atoms with Crippen molar-refractivity contribution in [3.05, 3.63) is 35.4 Å². The van der Waals surface area contributed by atoms with Crippen LogP contribution in [0.4, 0.5) is 0 Å². The van der Waals surface area contributed by atoms with Gasteiger partial charge < -0.3 is 4.74 Å². The second kappa shape index (κ2) is 5.70. The van der Waals surface area contributed by atoms with E-state index in [9.17, 15) is 9.59 Å². The minimum atomic E-state index is -0.567. The number of thioether (sulfide) groups is 1. The normalized spacial score (nSPS) is 11.9. The molecule has 1 aromatic carbocycles. The largest absolute Gasteiger partial charge is 0.468 e. The summed E-state index contributed by atoms with van der Waals surface area (Å²) >= 11 is 0.978. The first-order valence-corrected chi connectivity index (χ1v) is 5.74. The molecule has 0 saturated carbocycles. The van der Waals surface area contributed by atoms with Crippen LogP contribution in [-0.2, 0) is 14.3 Å². The van der Waals surface area contributed by atoms with Crippen LogP contribution in [0, 0.1) is 6.92 Å². The Hall–Kier alpha value is -1.29. The molecule has 0 saturated heterocycles. The van der Waals surface area contributed by atoms with E-state index in [2.05, 4.69) is 4.74 Å². The highest BCUT2D eigenvalue weighted by atomic mass is 32.2. The van der Waals surface area contributed by atoms with Crippen LogP contribution in [0.5, 0.6) is 0 Å². The molecular weight excluding hydrogens is 224 g/mol. The van der Waals surface area contributed by atoms with Gasteiger partial charge in [-0.1, -0.05) is 41.6 Å². The van der Waals surface area contributed by atoms with Crippen molar-refractivity contribution in [2.45, 2.75) is 19.1 Å². The Labute approximate surface area is 99.2 Å². The van der Waals surface area contributed by atoms with Crippen molar-refractivity contribution in [2.75, 3.05) is 7.11 Å². The second-order valence-electron chi connectivity index (χ2n) is 3.42. The molecule has 1 rings (SSSR count).